The predicted molar refractivity (Wildman–Crippen MR) is 76.7 cm³/mol. The molecule has 104 valence electrons. The Balaban J connectivity index is 1.96. The van der Waals surface area contributed by atoms with Gasteiger partial charge >= 0.3 is 0 Å². The number of benzene rings is 1. The number of rotatable bonds is 3. The van der Waals surface area contributed by atoms with Crippen molar-refractivity contribution >= 4 is 21.8 Å². The van der Waals surface area contributed by atoms with Crippen LogP contribution in [-0.4, -0.2) is 25.0 Å². The van der Waals surface area contributed by atoms with Crippen molar-refractivity contribution in [2.75, 3.05) is 7.05 Å². The van der Waals surface area contributed by atoms with E-state index in [4.69, 9.17) is 0 Å². The molecule has 2 N–H and O–H groups in total. The summed E-state index contributed by atoms with van der Waals surface area (Å²) in [7, 11) is 1.96. The molecule has 0 unspecified atom stereocenters. The molecule has 1 aromatic rings. The molecule has 0 aliphatic heterocycles. The lowest BCUT2D eigenvalue weighted by atomic mass is 9.91. The lowest BCUT2D eigenvalue weighted by Crippen LogP contribution is -2.41. The van der Waals surface area contributed by atoms with Crippen molar-refractivity contribution in [3.8, 4) is 0 Å². The summed E-state index contributed by atoms with van der Waals surface area (Å²) in [5.74, 6) is -0.824. The van der Waals surface area contributed by atoms with E-state index in [1.54, 1.807) is 12.1 Å². The van der Waals surface area contributed by atoms with Crippen molar-refractivity contribution in [3.63, 3.8) is 0 Å². The van der Waals surface area contributed by atoms with Gasteiger partial charge in [-0.3, -0.25) is 4.79 Å². The number of nitrogens with one attached hydrogen (secondary N) is 2. The molecule has 5 heteroatoms. The highest BCUT2D eigenvalue weighted by Crippen LogP contribution is 2.21. The Morgan fingerprint density at radius 3 is 2.53 bits per heavy atom. The Hall–Kier alpha value is -0.940. The largest absolute Gasteiger partial charge is 0.349 e. The van der Waals surface area contributed by atoms with Gasteiger partial charge < -0.3 is 10.6 Å². The molecule has 0 spiro atoms. The number of hydrogen-bond donors (Lipinski definition) is 2. The van der Waals surface area contributed by atoms with Gasteiger partial charge in [0.15, 0.2) is 0 Å². The smallest absolute Gasteiger partial charge is 0.254 e. The van der Waals surface area contributed by atoms with Gasteiger partial charge in [0.1, 0.15) is 5.82 Å². The molecule has 0 aromatic heterocycles. The molecule has 1 saturated carbocycles. The molecular formula is C14H18BrFN2O. The first-order valence-electron chi connectivity index (χ1n) is 6.54. The fourth-order valence-electron chi connectivity index (χ4n) is 2.47. The lowest BCUT2D eigenvalue weighted by Gasteiger charge is -2.28. The minimum Gasteiger partial charge on any atom is -0.349 e. The van der Waals surface area contributed by atoms with E-state index in [0.717, 1.165) is 25.7 Å². The second kappa shape index (κ2) is 6.48. The maximum atomic E-state index is 13.8. The van der Waals surface area contributed by atoms with E-state index < -0.39 is 5.82 Å². The van der Waals surface area contributed by atoms with Crippen molar-refractivity contribution in [2.24, 2.45) is 0 Å². The fourth-order valence-corrected chi connectivity index (χ4v) is 2.83. The molecule has 2 rings (SSSR count). The molecule has 1 aromatic carbocycles. The van der Waals surface area contributed by atoms with E-state index in [0.29, 0.717) is 10.5 Å². The summed E-state index contributed by atoms with van der Waals surface area (Å²) in [5, 5.41) is 6.17. The predicted octanol–water partition coefficient (Wildman–Crippen LogP) is 2.85. The Kier molecular flexibility index (Phi) is 4.93. The highest BCUT2D eigenvalue weighted by Gasteiger charge is 2.23. The van der Waals surface area contributed by atoms with Gasteiger partial charge in [-0.1, -0.05) is 6.07 Å². The Morgan fingerprint density at radius 1 is 1.26 bits per heavy atom. The van der Waals surface area contributed by atoms with Crippen LogP contribution in [0.1, 0.15) is 36.0 Å². The molecule has 0 atom stereocenters. The first kappa shape index (κ1) is 14.5. The highest BCUT2D eigenvalue weighted by molar-refractivity contribution is 9.10. The highest BCUT2D eigenvalue weighted by atomic mass is 79.9. The maximum Gasteiger partial charge on any atom is 0.254 e. The summed E-state index contributed by atoms with van der Waals surface area (Å²) >= 11 is 3.09. The topological polar surface area (TPSA) is 41.1 Å². The van der Waals surface area contributed by atoms with E-state index >= 15 is 0 Å². The van der Waals surface area contributed by atoms with Crippen LogP contribution in [0.5, 0.6) is 0 Å². The van der Waals surface area contributed by atoms with Gasteiger partial charge in [0.05, 0.1) is 10.0 Å². The number of hydrogen-bond acceptors (Lipinski definition) is 2. The fraction of sp³-hybridized carbons (Fsp3) is 0.500. The van der Waals surface area contributed by atoms with Crippen LogP contribution < -0.4 is 10.6 Å². The molecular weight excluding hydrogens is 311 g/mol. The van der Waals surface area contributed by atoms with Gasteiger partial charge in [0.25, 0.3) is 5.91 Å². The van der Waals surface area contributed by atoms with Crippen LogP contribution in [0.4, 0.5) is 4.39 Å². The summed E-state index contributed by atoms with van der Waals surface area (Å²) in [6.07, 6.45) is 3.96. The zero-order valence-corrected chi connectivity index (χ0v) is 12.5. The van der Waals surface area contributed by atoms with Crippen LogP contribution in [0.3, 0.4) is 0 Å². The third kappa shape index (κ3) is 3.54. The van der Waals surface area contributed by atoms with Crippen molar-refractivity contribution in [1.82, 2.24) is 10.6 Å². The second-order valence-electron chi connectivity index (χ2n) is 4.91. The standard InChI is InChI=1S/C14H18BrFN2O/c1-17-9-5-7-10(8-6-9)18-14(19)11-3-2-4-12(15)13(11)16/h2-4,9-10,17H,5-8H2,1H3,(H,18,19). The van der Waals surface area contributed by atoms with Crippen LogP contribution in [0, 0.1) is 5.82 Å². The molecule has 1 amide bonds. The molecule has 19 heavy (non-hydrogen) atoms. The quantitative estimate of drug-likeness (QED) is 0.895. The average Bonchev–Trinajstić information content (AvgIpc) is 2.42. The number of carbonyl (C=O) groups is 1. The van der Waals surface area contributed by atoms with Crippen LogP contribution in [0.15, 0.2) is 22.7 Å². The molecule has 0 heterocycles. The monoisotopic (exact) mass is 328 g/mol. The summed E-state index contributed by atoms with van der Waals surface area (Å²) in [5.41, 5.74) is 0.102. The summed E-state index contributed by atoms with van der Waals surface area (Å²) in [4.78, 5) is 12.0. The van der Waals surface area contributed by atoms with Gasteiger partial charge in [-0.05, 0) is 60.8 Å². The zero-order valence-electron chi connectivity index (χ0n) is 10.9. The Bertz CT molecular complexity index is 459. The van der Waals surface area contributed by atoms with E-state index in [1.165, 1.54) is 6.07 Å². The van der Waals surface area contributed by atoms with Gasteiger partial charge in [0.2, 0.25) is 0 Å². The first-order chi connectivity index (χ1) is 9.11. The van der Waals surface area contributed by atoms with Crippen LogP contribution in [0.25, 0.3) is 0 Å². The van der Waals surface area contributed by atoms with Crippen LogP contribution in [0.2, 0.25) is 0 Å². The first-order valence-corrected chi connectivity index (χ1v) is 7.33. The normalized spacial score (nSPS) is 23.1. The van der Waals surface area contributed by atoms with Crippen molar-refractivity contribution in [1.29, 1.82) is 0 Å². The van der Waals surface area contributed by atoms with Crippen molar-refractivity contribution in [2.45, 2.75) is 37.8 Å². The van der Waals surface area contributed by atoms with Crippen LogP contribution in [-0.2, 0) is 0 Å². The average molecular weight is 329 g/mol. The SMILES string of the molecule is CNC1CCC(NC(=O)c2cccc(Br)c2F)CC1. The zero-order chi connectivity index (χ0) is 13.8. The van der Waals surface area contributed by atoms with E-state index in [2.05, 4.69) is 26.6 Å². The molecule has 0 radical (unpaired) electrons. The molecule has 1 aliphatic rings. The summed E-state index contributed by atoms with van der Waals surface area (Å²) in [6, 6.07) is 5.45. The van der Waals surface area contributed by atoms with Crippen molar-refractivity contribution in [3.05, 3.63) is 34.1 Å². The lowest BCUT2D eigenvalue weighted by molar-refractivity contribution is 0.0920. The van der Waals surface area contributed by atoms with Gasteiger partial charge in [-0.15, -0.1) is 0 Å². The van der Waals surface area contributed by atoms with Crippen molar-refractivity contribution < 1.29 is 9.18 Å². The molecule has 1 aliphatic carbocycles. The Labute approximate surface area is 121 Å². The van der Waals surface area contributed by atoms with Gasteiger partial charge in [-0.2, -0.15) is 0 Å². The van der Waals surface area contributed by atoms with Crippen LogP contribution >= 0.6 is 15.9 Å². The number of halogens is 2. The van der Waals surface area contributed by atoms with E-state index in [1.807, 2.05) is 7.05 Å². The summed E-state index contributed by atoms with van der Waals surface area (Å²) in [6.45, 7) is 0. The number of carbonyl (C=O) groups excluding carboxylic acids is 1. The molecule has 0 bridgehead atoms. The number of amides is 1. The van der Waals surface area contributed by atoms with E-state index in [-0.39, 0.29) is 17.5 Å². The minimum absolute atomic E-state index is 0.102. The Morgan fingerprint density at radius 2 is 1.89 bits per heavy atom. The van der Waals surface area contributed by atoms with Gasteiger partial charge in [-0.25, -0.2) is 4.39 Å². The summed E-state index contributed by atoms with van der Waals surface area (Å²) < 4.78 is 14.1. The third-order valence-corrected chi connectivity index (χ3v) is 4.28. The molecule has 0 saturated heterocycles. The van der Waals surface area contributed by atoms with Gasteiger partial charge in [0, 0.05) is 12.1 Å². The minimum atomic E-state index is -0.496. The molecule has 3 nitrogen and oxygen atoms in total. The maximum absolute atomic E-state index is 13.8. The third-order valence-electron chi connectivity index (χ3n) is 3.67. The van der Waals surface area contributed by atoms with E-state index in [9.17, 15) is 9.18 Å². The molecule has 1 fully saturated rings. The second-order valence-corrected chi connectivity index (χ2v) is 5.77.